The fourth-order valence-electron chi connectivity index (χ4n) is 2.13. The maximum Gasteiger partial charge on any atom is 0.162 e. The molecule has 0 radical (unpaired) electrons. The van der Waals surface area contributed by atoms with Crippen molar-refractivity contribution in [2.24, 2.45) is 5.84 Å². The van der Waals surface area contributed by atoms with Crippen molar-refractivity contribution in [3.63, 3.8) is 0 Å². The highest BCUT2D eigenvalue weighted by Crippen LogP contribution is 2.40. The molecule has 0 amide bonds. The summed E-state index contributed by atoms with van der Waals surface area (Å²) >= 11 is 5.98. The Morgan fingerprint density at radius 2 is 2.05 bits per heavy atom. The standard InChI is InChI=1S/C14H15ClN4/c1-8-6-10(15)4-5-11(8)14-17-12(9-2-3-9)7-13(18-14)19-16/h4-7,9H,2-3,16H2,1H3,(H,17,18,19). The van der Waals surface area contributed by atoms with Crippen LogP contribution < -0.4 is 11.3 Å². The Morgan fingerprint density at radius 1 is 1.26 bits per heavy atom. The van der Waals surface area contributed by atoms with Crippen LogP contribution in [0.3, 0.4) is 0 Å². The van der Waals surface area contributed by atoms with Crippen LogP contribution in [0.4, 0.5) is 5.82 Å². The molecule has 1 aromatic heterocycles. The third kappa shape index (κ3) is 2.55. The average Bonchev–Trinajstić information content (AvgIpc) is 3.22. The van der Waals surface area contributed by atoms with Gasteiger partial charge in [0.25, 0.3) is 0 Å². The van der Waals surface area contributed by atoms with Crippen LogP contribution in [0.5, 0.6) is 0 Å². The summed E-state index contributed by atoms with van der Waals surface area (Å²) in [6.07, 6.45) is 2.39. The largest absolute Gasteiger partial charge is 0.308 e. The van der Waals surface area contributed by atoms with Gasteiger partial charge >= 0.3 is 0 Å². The number of nitrogens with one attached hydrogen (secondary N) is 1. The molecule has 0 saturated heterocycles. The van der Waals surface area contributed by atoms with Gasteiger partial charge in [-0.25, -0.2) is 15.8 Å². The van der Waals surface area contributed by atoms with E-state index in [1.54, 1.807) is 0 Å². The molecule has 2 aromatic rings. The first-order valence-electron chi connectivity index (χ1n) is 6.29. The number of rotatable bonds is 3. The first kappa shape index (κ1) is 12.4. The Labute approximate surface area is 117 Å². The van der Waals surface area contributed by atoms with Gasteiger partial charge in [-0.1, -0.05) is 11.6 Å². The van der Waals surface area contributed by atoms with Gasteiger partial charge < -0.3 is 5.43 Å². The molecule has 1 aliphatic carbocycles. The molecule has 0 aliphatic heterocycles. The Bertz CT molecular complexity index is 623. The van der Waals surface area contributed by atoms with Crippen molar-refractivity contribution in [3.8, 4) is 11.4 Å². The van der Waals surface area contributed by atoms with E-state index >= 15 is 0 Å². The highest BCUT2D eigenvalue weighted by molar-refractivity contribution is 6.30. The van der Waals surface area contributed by atoms with E-state index in [1.165, 1.54) is 12.8 Å². The highest BCUT2D eigenvalue weighted by atomic mass is 35.5. The number of nitrogens with two attached hydrogens (primary N) is 1. The lowest BCUT2D eigenvalue weighted by Gasteiger charge is -2.09. The number of nitrogen functional groups attached to an aromatic ring is 1. The summed E-state index contributed by atoms with van der Waals surface area (Å²) in [7, 11) is 0. The molecule has 3 N–H and O–H groups in total. The van der Waals surface area contributed by atoms with E-state index in [0.717, 1.165) is 21.8 Å². The third-order valence-corrected chi connectivity index (χ3v) is 3.55. The molecule has 1 fully saturated rings. The Kier molecular flexibility index (Phi) is 3.12. The van der Waals surface area contributed by atoms with Crippen LogP contribution in [-0.4, -0.2) is 9.97 Å². The van der Waals surface area contributed by atoms with Crippen LogP contribution in [0.25, 0.3) is 11.4 Å². The summed E-state index contributed by atoms with van der Waals surface area (Å²) in [6.45, 7) is 2.00. The predicted molar refractivity (Wildman–Crippen MR) is 77.0 cm³/mol. The minimum Gasteiger partial charge on any atom is -0.308 e. The minimum atomic E-state index is 0.557. The first-order valence-corrected chi connectivity index (χ1v) is 6.67. The lowest BCUT2D eigenvalue weighted by Crippen LogP contribution is -2.10. The van der Waals surface area contributed by atoms with Gasteiger partial charge in [0.1, 0.15) is 5.82 Å². The third-order valence-electron chi connectivity index (χ3n) is 3.32. The molecular formula is C14H15ClN4. The van der Waals surface area contributed by atoms with Gasteiger partial charge in [-0.3, -0.25) is 0 Å². The maximum atomic E-state index is 5.98. The number of anilines is 1. The van der Waals surface area contributed by atoms with Gasteiger partial charge in [0.2, 0.25) is 0 Å². The summed E-state index contributed by atoms with van der Waals surface area (Å²) in [6, 6.07) is 7.64. The molecule has 5 heteroatoms. The number of hydrogen-bond donors (Lipinski definition) is 2. The molecule has 3 rings (SSSR count). The molecule has 98 valence electrons. The molecule has 1 aromatic carbocycles. The monoisotopic (exact) mass is 274 g/mol. The second-order valence-electron chi connectivity index (χ2n) is 4.88. The van der Waals surface area contributed by atoms with Crippen LogP contribution in [0, 0.1) is 6.92 Å². The van der Waals surface area contributed by atoms with Crippen molar-refractivity contribution >= 4 is 17.4 Å². The van der Waals surface area contributed by atoms with E-state index in [0.29, 0.717) is 17.6 Å². The first-order chi connectivity index (χ1) is 9.17. The fraction of sp³-hybridized carbons (Fsp3) is 0.286. The fourth-order valence-corrected chi connectivity index (χ4v) is 2.35. The minimum absolute atomic E-state index is 0.557. The van der Waals surface area contributed by atoms with Crippen molar-refractivity contribution in [1.29, 1.82) is 0 Å². The van der Waals surface area contributed by atoms with Gasteiger partial charge in [-0.15, -0.1) is 0 Å². The number of benzene rings is 1. The summed E-state index contributed by atoms with van der Waals surface area (Å²) in [5.74, 6) is 7.40. The number of hydrazine groups is 1. The second kappa shape index (κ2) is 4.79. The number of nitrogens with zero attached hydrogens (tertiary/aromatic N) is 2. The molecule has 1 aliphatic rings. The SMILES string of the molecule is Cc1cc(Cl)ccc1-c1nc(NN)cc(C2CC2)n1. The smallest absolute Gasteiger partial charge is 0.162 e. The topological polar surface area (TPSA) is 63.8 Å². The van der Waals surface area contributed by atoms with Crippen molar-refractivity contribution in [2.75, 3.05) is 5.43 Å². The van der Waals surface area contributed by atoms with E-state index in [1.807, 2.05) is 31.2 Å². The van der Waals surface area contributed by atoms with Crippen LogP contribution in [0.2, 0.25) is 5.02 Å². The van der Waals surface area contributed by atoms with Crippen molar-refractivity contribution in [2.45, 2.75) is 25.7 Å². The molecule has 0 spiro atoms. The summed E-state index contributed by atoms with van der Waals surface area (Å²) in [4.78, 5) is 9.09. The molecule has 1 saturated carbocycles. The molecule has 19 heavy (non-hydrogen) atoms. The lowest BCUT2D eigenvalue weighted by atomic mass is 10.1. The molecule has 0 unspecified atom stereocenters. The van der Waals surface area contributed by atoms with Crippen molar-refractivity contribution in [1.82, 2.24) is 9.97 Å². The zero-order chi connectivity index (χ0) is 13.4. The van der Waals surface area contributed by atoms with Crippen LogP contribution in [0.15, 0.2) is 24.3 Å². The van der Waals surface area contributed by atoms with Gasteiger partial charge in [0, 0.05) is 28.3 Å². The number of hydrogen-bond acceptors (Lipinski definition) is 4. The van der Waals surface area contributed by atoms with E-state index < -0.39 is 0 Å². The quantitative estimate of drug-likeness (QED) is 0.666. The van der Waals surface area contributed by atoms with E-state index in [2.05, 4.69) is 15.4 Å². The van der Waals surface area contributed by atoms with Crippen molar-refractivity contribution < 1.29 is 0 Å². The lowest BCUT2D eigenvalue weighted by molar-refractivity contribution is 0.990. The predicted octanol–water partition coefficient (Wildman–Crippen LogP) is 3.27. The summed E-state index contributed by atoms with van der Waals surface area (Å²) in [5, 5.41) is 0.719. The zero-order valence-corrected chi connectivity index (χ0v) is 11.4. The van der Waals surface area contributed by atoms with Gasteiger partial charge in [0.15, 0.2) is 5.82 Å². The molecule has 1 heterocycles. The Morgan fingerprint density at radius 3 is 2.68 bits per heavy atom. The Balaban J connectivity index is 2.10. The van der Waals surface area contributed by atoms with Crippen LogP contribution >= 0.6 is 11.6 Å². The highest BCUT2D eigenvalue weighted by Gasteiger charge is 2.26. The van der Waals surface area contributed by atoms with Gasteiger partial charge in [-0.05, 0) is 43.5 Å². The number of halogens is 1. The molecule has 0 bridgehead atoms. The zero-order valence-electron chi connectivity index (χ0n) is 10.7. The van der Waals surface area contributed by atoms with Crippen LogP contribution in [0.1, 0.15) is 30.0 Å². The molecular weight excluding hydrogens is 260 g/mol. The average molecular weight is 275 g/mol. The molecule has 0 atom stereocenters. The van der Waals surface area contributed by atoms with E-state index in [9.17, 15) is 0 Å². The summed E-state index contributed by atoms with van der Waals surface area (Å²) in [5.41, 5.74) is 5.72. The maximum absolute atomic E-state index is 5.98. The van der Waals surface area contributed by atoms with E-state index in [-0.39, 0.29) is 0 Å². The van der Waals surface area contributed by atoms with Crippen LogP contribution in [-0.2, 0) is 0 Å². The molecule has 4 nitrogen and oxygen atoms in total. The number of aromatic nitrogens is 2. The van der Waals surface area contributed by atoms with Crippen molar-refractivity contribution in [3.05, 3.63) is 40.5 Å². The summed E-state index contributed by atoms with van der Waals surface area (Å²) < 4.78 is 0. The Hall–Kier alpha value is -1.65. The van der Waals surface area contributed by atoms with E-state index in [4.69, 9.17) is 17.4 Å². The van der Waals surface area contributed by atoms with Gasteiger partial charge in [-0.2, -0.15) is 0 Å². The normalized spacial score (nSPS) is 14.5. The van der Waals surface area contributed by atoms with Gasteiger partial charge in [0.05, 0.1) is 0 Å². The second-order valence-corrected chi connectivity index (χ2v) is 5.32. The number of aryl methyl sites for hydroxylation is 1.